The number of ether oxygens (including phenoxy) is 1. The molecule has 0 saturated carbocycles. The van der Waals surface area contributed by atoms with Gasteiger partial charge >= 0.3 is 0 Å². The Balaban J connectivity index is 2.07. The zero-order chi connectivity index (χ0) is 15.1. The summed E-state index contributed by atoms with van der Waals surface area (Å²) >= 11 is 0. The molecule has 0 aliphatic carbocycles. The minimum atomic E-state index is -0.524. The van der Waals surface area contributed by atoms with E-state index in [1.54, 1.807) is 6.07 Å². The molecule has 2 aromatic rings. The van der Waals surface area contributed by atoms with Crippen LogP contribution in [0.1, 0.15) is 11.1 Å². The highest BCUT2D eigenvalue weighted by molar-refractivity contribution is 5.73. The zero-order valence-electron chi connectivity index (χ0n) is 12.0. The molecule has 0 bridgehead atoms. The van der Waals surface area contributed by atoms with Gasteiger partial charge in [0.15, 0.2) is 0 Å². The van der Waals surface area contributed by atoms with Crippen molar-refractivity contribution in [3.63, 3.8) is 0 Å². The van der Waals surface area contributed by atoms with E-state index < -0.39 is 6.67 Å². The van der Waals surface area contributed by atoms with Crippen LogP contribution in [0.15, 0.2) is 42.5 Å². The summed E-state index contributed by atoms with van der Waals surface area (Å²) in [6, 6.07) is 13.6. The number of nitrogens with two attached hydrogens (primary N) is 1. The average Bonchev–Trinajstić information content (AvgIpc) is 2.52. The Morgan fingerprint density at radius 3 is 2.38 bits per heavy atom. The molecule has 0 spiro atoms. The number of anilines is 2. The standard InChI is InChI=1S/C17H19FN2O/c1-20-15-7-4-13(5-8-15)2-3-14-6-9-17(16(19)12-14)21-11-10-18/h2-9,12,20H,10-11,19H2,1H3/b3-2+. The second-order valence-electron chi connectivity index (χ2n) is 4.54. The maximum absolute atomic E-state index is 12.1. The van der Waals surface area contributed by atoms with Crippen LogP contribution in [0.4, 0.5) is 15.8 Å². The van der Waals surface area contributed by atoms with E-state index in [0.717, 1.165) is 16.8 Å². The Bertz CT molecular complexity index is 609. The summed E-state index contributed by atoms with van der Waals surface area (Å²) in [5, 5.41) is 3.08. The van der Waals surface area contributed by atoms with Crippen LogP contribution in [0.3, 0.4) is 0 Å². The quantitative estimate of drug-likeness (QED) is 0.626. The minimum Gasteiger partial charge on any atom is -0.489 e. The number of benzene rings is 2. The van der Waals surface area contributed by atoms with E-state index in [4.69, 9.17) is 10.5 Å². The monoisotopic (exact) mass is 286 g/mol. The molecule has 2 aromatic carbocycles. The van der Waals surface area contributed by atoms with Gasteiger partial charge in [0.05, 0.1) is 5.69 Å². The van der Waals surface area contributed by atoms with Crippen LogP contribution in [-0.2, 0) is 0 Å². The van der Waals surface area contributed by atoms with Gasteiger partial charge in [-0.3, -0.25) is 0 Å². The number of nitrogen functional groups attached to an aromatic ring is 1. The molecule has 4 heteroatoms. The van der Waals surface area contributed by atoms with Crippen molar-refractivity contribution in [1.29, 1.82) is 0 Å². The van der Waals surface area contributed by atoms with E-state index in [1.165, 1.54) is 0 Å². The van der Waals surface area contributed by atoms with Crippen molar-refractivity contribution >= 4 is 23.5 Å². The lowest BCUT2D eigenvalue weighted by atomic mass is 10.1. The maximum Gasteiger partial charge on any atom is 0.142 e. The van der Waals surface area contributed by atoms with Crippen molar-refractivity contribution < 1.29 is 9.13 Å². The third-order valence-electron chi connectivity index (χ3n) is 3.04. The first-order valence-electron chi connectivity index (χ1n) is 6.77. The van der Waals surface area contributed by atoms with Gasteiger partial charge in [-0.2, -0.15) is 0 Å². The number of alkyl halides is 1. The topological polar surface area (TPSA) is 47.3 Å². The van der Waals surface area contributed by atoms with Crippen LogP contribution in [0.2, 0.25) is 0 Å². The first kappa shape index (κ1) is 14.9. The third-order valence-corrected chi connectivity index (χ3v) is 3.04. The highest BCUT2D eigenvalue weighted by Crippen LogP contribution is 2.23. The van der Waals surface area contributed by atoms with Gasteiger partial charge < -0.3 is 15.8 Å². The van der Waals surface area contributed by atoms with Crippen LogP contribution >= 0.6 is 0 Å². The number of halogens is 1. The lowest BCUT2D eigenvalue weighted by Crippen LogP contribution is -2.01. The van der Waals surface area contributed by atoms with Gasteiger partial charge in [-0.05, 0) is 35.4 Å². The summed E-state index contributed by atoms with van der Waals surface area (Å²) in [5.74, 6) is 0.517. The number of hydrogen-bond donors (Lipinski definition) is 2. The van der Waals surface area contributed by atoms with E-state index >= 15 is 0 Å². The summed E-state index contributed by atoms with van der Waals surface area (Å²) in [6.45, 7) is -0.499. The van der Waals surface area contributed by atoms with Crippen LogP contribution in [-0.4, -0.2) is 20.3 Å². The molecule has 0 saturated heterocycles. The predicted octanol–water partition coefficient (Wildman–Crippen LogP) is 3.83. The van der Waals surface area contributed by atoms with E-state index in [1.807, 2.05) is 55.6 Å². The van der Waals surface area contributed by atoms with Crippen LogP contribution in [0.5, 0.6) is 5.75 Å². The summed E-state index contributed by atoms with van der Waals surface area (Å²) in [5.41, 5.74) is 9.54. The molecule has 3 N–H and O–H groups in total. The van der Waals surface area contributed by atoms with E-state index in [0.29, 0.717) is 11.4 Å². The predicted molar refractivity (Wildman–Crippen MR) is 87.2 cm³/mol. The molecule has 21 heavy (non-hydrogen) atoms. The van der Waals surface area contributed by atoms with Crippen molar-refractivity contribution in [2.24, 2.45) is 0 Å². The second-order valence-corrected chi connectivity index (χ2v) is 4.54. The molecule has 0 amide bonds. The van der Waals surface area contributed by atoms with Gasteiger partial charge in [0.25, 0.3) is 0 Å². The summed E-state index contributed by atoms with van der Waals surface area (Å²) in [4.78, 5) is 0. The molecule has 0 heterocycles. The summed E-state index contributed by atoms with van der Waals surface area (Å²) < 4.78 is 17.3. The first-order chi connectivity index (χ1) is 10.2. The lowest BCUT2D eigenvalue weighted by Gasteiger charge is -2.07. The van der Waals surface area contributed by atoms with Crippen molar-refractivity contribution in [3.05, 3.63) is 53.6 Å². The molecular weight excluding hydrogens is 267 g/mol. The lowest BCUT2D eigenvalue weighted by molar-refractivity contribution is 0.274. The van der Waals surface area contributed by atoms with Gasteiger partial charge in [-0.1, -0.05) is 30.4 Å². The van der Waals surface area contributed by atoms with E-state index in [9.17, 15) is 4.39 Å². The Kier molecular flexibility index (Phi) is 5.21. The largest absolute Gasteiger partial charge is 0.489 e. The average molecular weight is 286 g/mol. The second kappa shape index (κ2) is 7.33. The zero-order valence-corrected chi connectivity index (χ0v) is 12.0. The van der Waals surface area contributed by atoms with E-state index in [-0.39, 0.29) is 6.61 Å². The molecule has 110 valence electrons. The fourth-order valence-electron chi connectivity index (χ4n) is 1.90. The number of hydrogen-bond acceptors (Lipinski definition) is 3. The minimum absolute atomic E-state index is 0.0250. The fraction of sp³-hybridized carbons (Fsp3) is 0.176. The van der Waals surface area contributed by atoms with Gasteiger partial charge in [-0.25, -0.2) is 4.39 Å². The Morgan fingerprint density at radius 2 is 1.76 bits per heavy atom. The molecule has 2 rings (SSSR count). The molecule has 0 radical (unpaired) electrons. The highest BCUT2D eigenvalue weighted by atomic mass is 19.1. The molecular formula is C17H19FN2O. The maximum atomic E-state index is 12.1. The first-order valence-corrected chi connectivity index (χ1v) is 6.77. The molecule has 3 nitrogen and oxygen atoms in total. The summed E-state index contributed by atoms with van der Waals surface area (Å²) in [7, 11) is 1.89. The van der Waals surface area contributed by atoms with Crippen molar-refractivity contribution in [2.45, 2.75) is 0 Å². The highest BCUT2D eigenvalue weighted by Gasteiger charge is 2.00. The Labute approximate surface area is 124 Å². The Morgan fingerprint density at radius 1 is 1.10 bits per heavy atom. The van der Waals surface area contributed by atoms with Crippen molar-refractivity contribution in [2.75, 3.05) is 31.4 Å². The number of nitrogens with one attached hydrogen (secondary N) is 1. The normalized spacial score (nSPS) is 10.8. The summed E-state index contributed by atoms with van der Waals surface area (Å²) in [6.07, 6.45) is 3.99. The van der Waals surface area contributed by atoms with Gasteiger partial charge in [0.1, 0.15) is 19.0 Å². The van der Waals surface area contributed by atoms with Crippen LogP contribution in [0.25, 0.3) is 12.2 Å². The SMILES string of the molecule is CNc1ccc(/C=C/c2ccc(OCCF)c(N)c2)cc1. The van der Waals surface area contributed by atoms with Gasteiger partial charge in [0.2, 0.25) is 0 Å². The van der Waals surface area contributed by atoms with Crippen molar-refractivity contribution in [1.82, 2.24) is 0 Å². The Hall–Kier alpha value is -2.49. The molecule has 0 aromatic heterocycles. The number of rotatable bonds is 6. The van der Waals surface area contributed by atoms with Crippen LogP contribution < -0.4 is 15.8 Å². The molecule has 0 aliphatic rings. The molecule has 0 fully saturated rings. The molecule has 0 unspecified atom stereocenters. The van der Waals surface area contributed by atoms with E-state index in [2.05, 4.69) is 5.32 Å². The smallest absolute Gasteiger partial charge is 0.142 e. The third kappa shape index (κ3) is 4.24. The molecule has 0 atom stereocenters. The van der Waals surface area contributed by atoms with Gasteiger partial charge in [-0.15, -0.1) is 0 Å². The fourth-order valence-corrected chi connectivity index (χ4v) is 1.90. The van der Waals surface area contributed by atoms with Crippen LogP contribution in [0, 0.1) is 0 Å². The van der Waals surface area contributed by atoms with Crippen molar-refractivity contribution in [3.8, 4) is 5.75 Å². The molecule has 0 aliphatic heterocycles. The van der Waals surface area contributed by atoms with Gasteiger partial charge in [0, 0.05) is 12.7 Å².